The van der Waals surface area contributed by atoms with Crippen LogP contribution in [-0.4, -0.2) is 87.4 Å². The molecule has 0 spiro atoms. The summed E-state index contributed by atoms with van der Waals surface area (Å²) in [6.45, 7) is 9.42. The molecule has 1 fully saturated rings. The Morgan fingerprint density at radius 1 is 1.28 bits per heavy atom. The number of nitrogens with zero attached hydrogens (tertiary/aromatic N) is 4. The van der Waals surface area contributed by atoms with Gasteiger partial charge in [-0.3, -0.25) is 9.89 Å². The molecule has 1 saturated heterocycles. The predicted molar refractivity (Wildman–Crippen MR) is 79.7 cm³/mol. The molecule has 1 unspecified atom stereocenters. The zero-order chi connectivity index (χ0) is 13.4. The van der Waals surface area contributed by atoms with Crippen LogP contribution in [-0.2, 0) is 0 Å². The highest BCUT2D eigenvalue weighted by Crippen LogP contribution is 2.09. The number of hydrogen-bond donors (Lipinski definition) is 0. The van der Waals surface area contributed by atoms with Gasteiger partial charge in [-0.05, 0) is 53.5 Å². The van der Waals surface area contributed by atoms with E-state index in [0.29, 0.717) is 6.04 Å². The molecule has 4 heteroatoms. The molecule has 1 aliphatic rings. The molecular weight excluding hydrogens is 224 g/mol. The molecule has 1 aliphatic heterocycles. The van der Waals surface area contributed by atoms with E-state index in [2.05, 4.69) is 40.7 Å². The van der Waals surface area contributed by atoms with Crippen molar-refractivity contribution in [3.63, 3.8) is 0 Å². The van der Waals surface area contributed by atoms with Gasteiger partial charge in [-0.15, -0.1) is 0 Å². The molecule has 0 bridgehead atoms. The molecule has 1 rings (SSSR count). The van der Waals surface area contributed by atoms with Crippen molar-refractivity contribution in [1.29, 1.82) is 0 Å². The molecule has 0 saturated carbocycles. The first kappa shape index (κ1) is 15.6. The molecule has 0 aromatic rings. The summed E-state index contributed by atoms with van der Waals surface area (Å²) in [5.41, 5.74) is 0. The highest BCUT2D eigenvalue weighted by Gasteiger charge is 2.17. The minimum absolute atomic E-state index is 0.692. The first-order valence-corrected chi connectivity index (χ1v) is 7.15. The van der Waals surface area contributed by atoms with Gasteiger partial charge in [0.15, 0.2) is 0 Å². The van der Waals surface area contributed by atoms with Crippen LogP contribution in [0.1, 0.15) is 19.8 Å². The van der Waals surface area contributed by atoms with Crippen LogP contribution in [0.5, 0.6) is 0 Å². The van der Waals surface area contributed by atoms with Gasteiger partial charge in [-0.25, -0.2) is 0 Å². The summed E-state index contributed by atoms with van der Waals surface area (Å²) in [4.78, 5) is 11.5. The van der Waals surface area contributed by atoms with Gasteiger partial charge in [-0.1, -0.05) is 0 Å². The maximum atomic E-state index is 4.03. The number of rotatable bonds is 6. The van der Waals surface area contributed by atoms with Gasteiger partial charge in [0.1, 0.15) is 0 Å². The summed E-state index contributed by atoms with van der Waals surface area (Å²) in [6, 6.07) is 0.692. The van der Waals surface area contributed by atoms with Crippen molar-refractivity contribution in [1.82, 2.24) is 14.7 Å². The Hall–Kier alpha value is -0.450. The highest BCUT2D eigenvalue weighted by atomic mass is 15.2. The van der Waals surface area contributed by atoms with E-state index >= 15 is 0 Å². The molecule has 106 valence electrons. The van der Waals surface area contributed by atoms with E-state index in [1.807, 2.05) is 13.3 Å². The van der Waals surface area contributed by atoms with Crippen LogP contribution in [0, 0.1) is 0 Å². The van der Waals surface area contributed by atoms with Crippen molar-refractivity contribution in [2.24, 2.45) is 4.99 Å². The van der Waals surface area contributed by atoms with Crippen molar-refractivity contribution in [2.75, 3.05) is 60.4 Å². The van der Waals surface area contributed by atoms with Crippen LogP contribution in [0.25, 0.3) is 0 Å². The minimum Gasteiger partial charge on any atom is -0.305 e. The fourth-order valence-corrected chi connectivity index (χ4v) is 2.41. The van der Waals surface area contributed by atoms with Gasteiger partial charge in [-0.2, -0.15) is 0 Å². The monoisotopic (exact) mass is 254 g/mol. The zero-order valence-electron chi connectivity index (χ0n) is 12.6. The quantitative estimate of drug-likeness (QED) is 0.661. The molecule has 18 heavy (non-hydrogen) atoms. The van der Waals surface area contributed by atoms with Crippen molar-refractivity contribution in [2.45, 2.75) is 25.8 Å². The van der Waals surface area contributed by atoms with Crippen molar-refractivity contribution < 1.29 is 0 Å². The molecule has 1 heterocycles. The van der Waals surface area contributed by atoms with Crippen molar-refractivity contribution in [3.05, 3.63) is 0 Å². The molecule has 0 aromatic heterocycles. The third kappa shape index (κ3) is 5.94. The number of likely N-dealkylation sites (N-methyl/N-ethyl adjacent to an activating group) is 1. The summed E-state index contributed by atoms with van der Waals surface area (Å²) in [6.07, 6.45) is 4.53. The van der Waals surface area contributed by atoms with Gasteiger partial charge in [0, 0.05) is 38.9 Å². The predicted octanol–water partition coefficient (Wildman–Crippen LogP) is 1.03. The second-order valence-corrected chi connectivity index (χ2v) is 5.53. The standard InChI is InChI=1S/C14H30N4/c1-14(6-10-17(4)11-7-15-2)18-9-5-8-16(3)12-13-18/h7,14H,5-6,8-13H2,1-4H3. The Balaban J connectivity index is 2.24. The van der Waals surface area contributed by atoms with E-state index in [-0.39, 0.29) is 0 Å². The first-order chi connectivity index (χ1) is 8.63. The van der Waals surface area contributed by atoms with E-state index in [1.54, 1.807) is 0 Å². The molecule has 0 aliphatic carbocycles. The Morgan fingerprint density at radius 2 is 2.06 bits per heavy atom. The van der Waals surface area contributed by atoms with Crippen molar-refractivity contribution in [3.8, 4) is 0 Å². The van der Waals surface area contributed by atoms with E-state index in [0.717, 1.165) is 13.1 Å². The zero-order valence-corrected chi connectivity index (χ0v) is 12.6. The Kier molecular flexibility index (Phi) is 7.47. The molecule has 0 radical (unpaired) electrons. The SMILES string of the molecule is CN=CCN(C)CCC(C)N1CCCN(C)CC1. The molecular formula is C14H30N4. The summed E-state index contributed by atoms with van der Waals surface area (Å²) < 4.78 is 0. The minimum atomic E-state index is 0.692. The van der Waals surface area contributed by atoms with Crippen molar-refractivity contribution >= 4 is 6.21 Å². The molecule has 0 aromatic carbocycles. The summed E-state index contributed by atoms with van der Waals surface area (Å²) in [5, 5.41) is 0. The number of hydrogen-bond acceptors (Lipinski definition) is 4. The number of aliphatic imine (C=N–C) groups is 1. The van der Waals surface area contributed by atoms with E-state index in [1.165, 1.54) is 39.0 Å². The fraction of sp³-hybridized carbons (Fsp3) is 0.929. The largest absolute Gasteiger partial charge is 0.305 e. The van der Waals surface area contributed by atoms with Crippen LogP contribution in [0.4, 0.5) is 0 Å². The average molecular weight is 254 g/mol. The Morgan fingerprint density at radius 3 is 2.78 bits per heavy atom. The lowest BCUT2D eigenvalue weighted by molar-refractivity contribution is 0.191. The normalized spacial score (nSPS) is 21.6. The maximum Gasteiger partial charge on any atom is 0.0329 e. The van der Waals surface area contributed by atoms with Crippen LogP contribution in [0.3, 0.4) is 0 Å². The molecule has 0 amide bonds. The van der Waals surface area contributed by atoms with E-state index < -0.39 is 0 Å². The van der Waals surface area contributed by atoms with Crippen LogP contribution in [0.15, 0.2) is 4.99 Å². The van der Waals surface area contributed by atoms with Crippen LogP contribution >= 0.6 is 0 Å². The lowest BCUT2D eigenvalue weighted by Gasteiger charge is -2.29. The third-order valence-corrected chi connectivity index (χ3v) is 3.88. The molecule has 0 N–H and O–H groups in total. The topological polar surface area (TPSA) is 22.1 Å². The smallest absolute Gasteiger partial charge is 0.0329 e. The first-order valence-electron chi connectivity index (χ1n) is 7.15. The van der Waals surface area contributed by atoms with Gasteiger partial charge in [0.25, 0.3) is 0 Å². The second-order valence-electron chi connectivity index (χ2n) is 5.53. The van der Waals surface area contributed by atoms with Crippen LogP contribution < -0.4 is 0 Å². The summed E-state index contributed by atoms with van der Waals surface area (Å²) >= 11 is 0. The van der Waals surface area contributed by atoms with Gasteiger partial charge >= 0.3 is 0 Å². The molecule has 1 atom stereocenters. The molecule has 4 nitrogen and oxygen atoms in total. The summed E-state index contributed by atoms with van der Waals surface area (Å²) in [5.74, 6) is 0. The Bertz CT molecular complexity index is 242. The van der Waals surface area contributed by atoms with Gasteiger partial charge in [0.05, 0.1) is 0 Å². The van der Waals surface area contributed by atoms with Crippen LogP contribution in [0.2, 0.25) is 0 Å². The third-order valence-electron chi connectivity index (χ3n) is 3.88. The lowest BCUT2D eigenvalue weighted by Crippen LogP contribution is -2.38. The van der Waals surface area contributed by atoms with E-state index in [4.69, 9.17) is 0 Å². The maximum absolute atomic E-state index is 4.03. The van der Waals surface area contributed by atoms with Gasteiger partial charge in [0.2, 0.25) is 0 Å². The average Bonchev–Trinajstić information content (AvgIpc) is 2.58. The fourth-order valence-electron chi connectivity index (χ4n) is 2.41. The Labute approximate surface area is 113 Å². The van der Waals surface area contributed by atoms with E-state index in [9.17, 15) is 0 Å². The highest BCUT2D eigenvalue weighted by molar-refractivity contribution is 5.59. The summed E-state index contributed by atoms with van der Waals surface area (Å²) in [7, 11) is 6.24. The lowest BCUT2D eigenvalue weighted by atomic mass is 10.2. The van der Waals surface area contributed by atoms with Gasteiger partial charge < -0.3 is 9.80 Å². The second kappa shape index (κ2) is 8.62.